The van der Waals surface area contributed by atoms with Crippen LogP contribution < -0.4 is 5.32 Å². The fourth-order valence-corrected chi connectivity index (χ4v) is 4.58. The van der Waals surface area contributed by atoms with Crippen LogP contribution >= 0.6 is 36.6 Å². The van der Waals surface area contributed by atoms with Crippen molar-refractivity contribution in [2.75, 3.05) is 26.7 Å². The molecule has 2 aromatic heterocycles. The van der Waals surface area contributed by atoms with E-state index in [2.05, 4.69) is 16.5 Å². The number of carbonyl (C=O) groups is 1. The van der Waals surface area contributed by atoms with Crippen LogP contribution in [-0.4, -0.2) is 46.9 Å². The van der Waals surface area contributed by atoms with Crippen molar-refractivity contribution in [3.8, 4) is 0 Å². The lowest BCUT2D eigenvalue weighted by Gasteiger charge is -2.32. The Morgan fingerprint density at radius 3 is 2.73 bits per heavy atom. The molecule has 1 N–H and O–H groups in total. The van der Waals surface area contributed by atoms with Gasteiger partial charge in [0.15, 0.2) is 0 Å². The maximum Gasteiger partial charge on any atom is 0.253 e. The highest BCUT2D eigenvalue weighted by Crippen LogP contribution is 2.24. The second-order valence-electron chi connectivity index (χ2n) is 7.33. The summed E-state index contributed by atoms with van der Waals surface area (Å²) in [5.74, 6) is 1.52. The van der Waals surface area contributed by atoms with Crippen molar-refractivity contribution in [1.82, 2.24) is 19.6 Å². The lowest BCUT2D eigenvalue weighted by Crippen LogP contribution is -2.42. The summed E-state index contributed by atoms with van der Waals surface area (Å²) in [5.41, 5.74) is 2.81. The number of piperidine rings is 1. The Labute approximate surface area is 194 Å². The number of rotatable bonds is 6. The molecule has 1 aliphatic heterocycles. The summed E-state index contributed by atoms with van der Waals surface area (Å²) in [6.45, 7) is 2.69. The minimum absolute atomic E-state index is 0. The van der Waals surface area contributed by atoms with Gasteiger partial charge in [-0.1, -0.05) is 6.07 Å². The van der Waals surface area contributed by atoms with Gasteiger partial charge in [0.05, 0.1) is 5.69 Å². The number of benzene rings is 1. The van der Waals surface area contributed by atoms with E-state index in [9.17, 15) is 4.79 Å². The number of nitrogens with zero attached hydrogens (tertiary/aromatic N) is 3. The molecule has 0 saturated carbocycles. The first-order valence-electron chi connectivity index (χ1n) is 9.82. The van der Waals surface area contributed by atoms with E-state index in [4.69, 9.17) is 0 Å². The Kier molecular flexibility index (Phi) is 9.49. The van der Waals surface area contributed by atoms with Crippen LogP contribution in [-0.2, 0) is 5.75 Å². The number of pyridine rings is 1. The molecule has 3 aromatic rings. The fraction of sp³-hybridized carbons (Fsp3) is 0.364. The van der Waals surface area contributed by atoms with Crippen molar-refractivity contribution in [1.29, 1.82) is 0 Å². The number of fused-ring (bicyclic) bond motifs is 1. The topological polar surface area (TPSA) is 49.6 Å². The summed E-state index contributed by atoms with van der Waals surface area (Å²) >= 11 is 1.74. The van der Waals surface area contributed by atoms with Gasteiger partial charge in [0.1, 0.15) is 5.65 Å². The number of hydrogen-bond acceptors (Lipinski definition) is 4. The second-order valence-corrected chi connectivity index (χ2v) is 8.38. The van der Waals surface area contributed by atoms with Crippen LogP contribution in [0.4, 0.5) is 0 Å². The number of halogens is 2. The van der Waals surface area contributed by atoms with Gasteiger partial charge in [0.2, 0.25) is 0 Å². The highest BCUT2D eigenvalue weighted by Gasteiger charge is 2.24. The SMILES string of the molecule is CNCC1CCCN(C(=O)c2ccc(SCc3cn4ccccc4n3)cc2)C1.Cl.Cl. The van der Waals surface area contributed by atoms with E-state index in [1.54, 1.807) is 11.8 Å². The third-order valence-corrected chi connectivity index (χ3v) is 6.25. The number of likely N-dealkylation sites (tertiary alicyclic amines) is 1. The summed E-state index contributed by atoms with van der Waals surface area (Å²) in [6.07, 6.45) is 6.37. The number of carbonyl (C=O) groups excluding carboxylic acids is 1. The number of amides is 1. The quantitative estimate of drug-likeness (QED) is 0.541. The van der Waals surface area contributed by atoms with Crippen LogP contribution in [0.2, 0.25) is 0 Å². The largest absolute Gasteiger partial charge is 0.338 e. The number of aromatic nitrogens is 2. The summed E-state index contributed by atoms with van der Waals surface area (Å²) in [4.78, 5) is 20.6. The summed E-state index contributed by atoms with van der Waals surface area (Å²) in [7, 11) is 1.98. The van der Waals surface area contributed by atoms with Crippen molar-refractivity contribution in [3.63, 3.8) is 0 Å². The lowest BCUT2D eigenvalue weighted by molar-refractivity contribution is 0.0674. The monoisotopic (exact) mass is 466 g/mol. The van der Waals surface area contributed by atoms with E-state index in [0.717, 1.165) is 53.6 Å². The van der Waals surface area contributed by atoms with Gasteiger partial charge < -0.3 is 14.6 Å². The maximum absolute atomic E-state index is 12.8. The highest BCUT2D eigenvalue weighted by molar-refractivity contribution is 7.98. The molecule has 5 nitrogen and oxygen atoms in total. The van der Waals surface area contributed by atoms with E-state index in [0.29, 0.717) is 5.92 Å². The number of nitrogens with one attached hydrogen (secondary N) is 1. The maximum atomic E-state index is 12.8. The summed E-state index contributed by atoms with van der Waals surface area (Å²) < 4.78 is 2.04. The lowest BCUT2D eigenvalue weighted by atomic mass is 9.97. The normalized spacial score (nSPS) is 16.0. The first-order valence-corrected chi connectivity index (χ1v) is 10.8. The second kappa shape index (κ2) is 11.6. The van der Waals surface area contributed by atoms with Crippen LogP contribution in [0.5, 0.6) is 0 Å². The first kappa shape index (κ1) is 24.5. The first-order chi connectivity index (χ1) is 13.7. The summed E-state index contributed by atoms with van der Waals surface area (Å²) in [5, 5.41) is 3.23. The highest BCUT2D eigenvalue weighted by atomic mass is 35.5. The van der Waals surface area contributed by atoms with E-state index in [1.807, 2.05) is 65.0 Å². The molecule has 3 heterocycles. The minimum atomic E-state index is 0. The van der Waals surface area contributed by atoms with Crippen LogP contribution in [0.3, 0.4) is 0 Å². The van der Waals surface area contributed by atoms with Crippen molar-refractivity contribution in [3.05, 3.63) is 66.1 Å². The van der Waals surface area contributed by atoms with Gasteiger partial charge >= 0.3 is 0 Å². The molecule has 1 amide bonds. The Balaban J connectivity index is 0.00000160. The molecule has 1 aliphatic rings. The zero-order valence-corrected chi connectivity index (χ0v) is 19.4. The Bertz CT molecular complexity index is 913. The summed E-state index contributed by atoms with van der Waals surface area (Å²) in [6, 6.07) is 14.0. The molecule has 162 valence electrons. The fourth-order valence-electron chi connectivity index (χ4n) is 3.80. The molecule has 0 aliphatic carbocycles. The van der Waals surface area contributed by atoms with Crippen LogP contribution in [0.25, 0.3) is 5.65 Å². The van der Waals surface area contributed by atoms with Crippen molar-refractivity contribution < 1.29 is 4.79 Å². The van der Waals surface area contributed by atoms with Gasteiger partial charge in [-0.3, -0.25) is 4.79 Å². The number of hydrogen-bond donors (Lipinski definition) is 1. The number of imidazole rings is 1. The zero-order valence-electron chi connectivity index (χ0n) is 17.0. The molecule has 0 radical (unpaired) electrons. The van der Waals surface area contributed by atoms with Crippen LogP contribution in [0, 0.1) is 5.92 Å². The predicted molar refractivity (Wildman–Crippen MR) is 128 cm³/mol. The molecule has 0 bridgehead atoms. The third-order valence-electron chi connectivity index (χ3n) is 5.20. The molecule has 1 aromatic carbocycles. The van der Waals surface area contributed by atoms with Gasteiger partial charge in [0.25, 0.3) is 5.91 Å². The standard InChI is InChI=1S/C22H26N4OS.2ClH/c1-23-13-17-5-4-12-26(14-17)22(27)18-7-9-20(10-8-18)28-16-19-15-25-11-3-2-6-21(25)24-19;;/h2-3,6-11,15,17,23H,4-5,12-14,16H2,1H3;2*1H. The minimum Gasteiger partial charge on any atom is -0.338 e. The molecule has 1 unspecified atom stereocenters. The predicted octanol–water partition coefficient (Wildman–Crippen LogP) is 4.54. The zero-order chi connectivity index (χ0) is 19.3. The van der Waals surface area contributed by atoms with Crippen LogP contribution in [0.1, 0.15) is 28.9 Å². The molecule has 1 fully saturated rings. The van der Waals surface area contributed by atoms with E-state index in [1.165, 1.54) is 6.42 Å². The Morgan fingerprint density at radius 1 is 1.20 bits per heavy atom. The third kappa shape index (κ3) is 5.91. The van der Waals surface area contributed by atoms with Gasteiger partial charge in [-0.25, -0.2) is 4.98 Å². The smallest absolute Gasteiger partial charge is 0.253 e. The van der Waals surface area contributed by atoms with Crippen LogP contribution in [0.15, 0.2) is 59.8 Å². The van der Waals surface area contributed by atoms with Gasteiger partial charge in [0, 0.05) is 41.7 Å². The van der Waals surface area contributed by atoms with Crippen molar-refractivity contribution >= 4 is 48.1 Å². The van der Waals surface area contributed by atoms with E-state index in [-0.39, 0.29) is 30.7 Å². The molecular formula is C22H28Cl2N4OS. The molecule has 1 atom stereocenters. The molecule has 1 saturated heterocycles. The number of thioether (sulfide) groups is 1. The van der Waals surface area contributed by atoms with E-state index < -0.39 is 0 Å². The van der Waals surface area contributed by atoms with Gasteiger partial charge in [-0.05, 0) is 68.8 Å². The molecule has 4 rings (SSSR count). The van der Waals surface area contributed by atoms with E-state index >= 15 is 0 Å². The molecule has 30 heavy (non-hydrogen) atoms. The molecule has 8 heteroatoms. The average molecular weight is 467 g/mol. The average Bonchev–Trinajstić information content (AvgIpc) is 3.16. The molecule has 0 spiro atoms. The Hall–Kier alpha value is -1.73. The van der Waals surface area contributed by atoms with Gasteiger partial charge in [-0.2, -0.15) is 0 Å². The van der Waals surface area contributed by atoms with Crippen molar-refractivity contribution in [2.24, 2.45) is 5.92 Å². The van der Waals surface area contributed by atoms with Gasteiger partial charge in [-0.15, -0.1) is 36.6 Å². The Morgan fingerprint density at radius 2 is 2.00 bits per heavy atom. The van der Waals surface area contributed by atoms with Crippen molar-refractivity contribution in [2.45, 2.75) is 23.5 Å². The molecular weight excluding hydrogens is 439 g/mol.